The minimum atomic E-state index is 0.576. The van der Waals surface area contributed by atoms with Crippen LogP contribution in [0.3, 0.4) is 0 Å². The Morgan fingerprint density at radius 1 is 1.26 bits per heavy atom. The number of benzene rings is 1. The molecule has 0 fully saturated rings. The van der Waals surface area contributed by atoms with Crippen LogP contribution in [0.5, 0.6) is 0 Å². The van der Waals surface area contributed by atoms with E-state index in [1.165, 1.54) is 0 Å². The third-order valence-electron chi connectivity index (χ3n) is 2.94. The summed E-state index contributed by atoms with van der Waals surface area (Å²) in [4.78, 5) is 5.57. The molecule has 96 valence electrons. The molecule has 2 aromatic heterocycles. The lowest BCUT2D eigenvalue weighted by Crippen LogP contribution is -1.88. The maximum Gasteiger partial charge on any atom is 0.133 e. The molecule has 2 nitrogen and oxygen atoms in total. The smallest absolute Gasteiger partial charge is 0.133 e. The second-order valence-corrected chi connectivity index (χ2v) is 5.64. The summed E-state index contributed by atoms with van der Waals surface area (Å²) in [6.07, 6.45) is 1.71. The van der Waals surface area contributed by atoms with Crippen molar-refractivity contribution in [3.63, 3.8) is 0 Å². The predicted molar refractivity (Wildman–Crippen MR) is 79.8 cm³/mol. The van der Waals surface area contributed by atoms with Crippen molar-refractivity contribution in [1.29, 1.82) is 0 Å². The first-order chi connectivity index (χ1) is 9.24. The van der Waals surface area contributed by atoms with Crippen molar-refractivity contribution in [2.75, 3.05) is 0 Å². The van der Waals surface area contributed by atoms with Gasteiger partial charge in [-0.1, -0.05) is 29.8 Å². The maximum atomic E-state index is 6.24. The molecule has 1 aromatic carbocycles. The van der Waals surface area contributed by atoms with Crippen LogP contribution in [-0.2, 0) is 5.75 Å². The van der Waals surface area contributed by atoms with Gasteiger partial charge in [0, 0.05) is 21.6 Å². The number of rotatable bonds is 3. The zero-order valence-electron chi connectivity index (χ0n) is 10.4. The van der Waals surface area contributed by atoms with Gasteiger partial charge in [-0.25, -0.2) is 4.98 Å². The highest BCUT2D eigenvalue weighted by molar-refractivity contribution is 7.98. The summed E-state index contributed by atoms with van der Waals surface area (Å²) in [7, 11) is 0. The van der Waals surface area contributed by atoms with E-state index in [4.69, 9.17) is 16.0 Å². The van der Waals surface area contributed by atoms with Crippen LogP contribution in [0.2, 0.25) is 5.15 Å². The average molecular weight is 290 g/mol. The number of aromatic nitrogens is 1. The molecule has 0 unspecified atom stereocenters. The fraction of sp³-hybridized carbons (Fsp3) is 0.133. The molecular weight excluding hydrogens is 278 g/mol. The molecule has 0 saturated carbocycles. The molecule has 3 aromatic rings. The van der Waals surface area contributed by atoms with Crippen molar-refractivity contribution in [1.82, 2.24) is 4.98 Å². The van der Waals surface area contributed by atoms with E-state index in [0.29, 0.717) is 5.15 Å². The standard InChI is InChI=1S/C15H12ClNOS/c1-10-14(6-7-18-10)19-9-12-8-11-4-2-3-5-13(11)17-15(12)16/h2-8H,9H2,1H3. The summed E-state index contributed by atoms with van der Waals surface area (Å²) in [5.74, 6) is 1.73. The number of nitrogens with zero attached hydrogens (tertiary/aromatic N) is 1. The third kappa shape index (κ3) is 2.62. The van der Waals surface area contributed by atoms with Gasteiger partial charge in [0.25, 0.3) is 0 Å². The molecule has 0 radical (unpaired) electrons. The number of fused-ring (bicyclic) bond motifs is 1. The molecular formula is C15H12ClNOS. The van der Waals surface area contributed by atoms with Crippen LogP contribution in [0.1, 0.15) is 11.3 Å². The Labute approximate surface area is 120 Å². The van der Waals surface area contributed by atoms with E-state index in [2.05, 4.69) is 17.1 Å². The highest BCUT2D eigenvalue weighted by Crippen LogP contribution is 2.30. The molecule has 19 heavy (non-hydrogen) atoms. The first kappa shape index (κ1) is 12.6. The summed E-state index contributed by atoms with van der Waals surface area (Å²) in [6, 6.07) is 12.1. The van der Waals surface area contributed by atoms with Crippen molar-refractivity contribution < 1.29 is 4.42 Å². The number of hydrogen-bond donors (Lipinski definition) is 0. The monoisotopic (exact) mass is 289 g/mol. The van der Waals surface area contributed by atoms with Crippen molar-refractivity contribution in [2.24, 2.45) is 0 Å². The highest BCUT2D eigenvalue weighted by Gasteiger charge is 2.07. The van der Waals surface area contributed by atoms with Gasteiger partial charge < -0.3 is 4.42 Å². The lowest BCUT2D eigenvalue weighted by atomic mass is 10.2. The molecule has 0 bridgehead atoms. The Balaban J connectivity index is 1.88. The number of hydrogen-bond acceptors (Lipinski definition) is 3. The summed E-state index contributed by atoms with van der Waals surface area (Å²) in [5.41, 5.74) is 1.98. The molecule has 0 aliphatic rings. The first-order valence-corrected chi connectivity index (χ1v) is 7.31. The topological polar surface area (TPSA) is 26.0 Å². The van der Waals surface area contributed by atoms with Crippen molar-refractivity contribution >= 4 is 34.3 Å². The Kier molecular flexibility index (Phi) is 3.49. The largest absolute Gasteiger partial charge is 0.468 e. The van der Waals surface area contributed by atoms with Crippen LogP contribution < -0.4 is 0 Å². The minimum Gasteiger partial charge on any atom is -0.468 e. The summed E-state index contributed by atoms with van der Waals surface area (Å²) in [5, 5.41) is 1.69. The van der Waals surface area contributed by atoms with Gasteiger partial charge in [0.15, 0.2) is 0 Å². The Bertz CT molecular complexity index is 723. The third-order valence-corrected chi connectivity index (χ3v) is 4.46. The van der Waals surface area contributed by atoms with E-state index in [1.807, 2.05) is 31.2 Å². The second kappa shape index (κ2) is 5.27. The van der Waals surface area contributed by atoms with Gasteiger partial charge in [-0.3, -0.25) is 0 Å². The van der Waals surface area contributed by atoms with Crippen molar-refractivity contribution in [3.8, 4) is 0 Å². The molecule has 0 saturated heterocycles. The molecule has 0 spiro atoms. The number of pyridine rings is 1. The van der Waals surface area contributed by atoms with E-state index < -0.39 is 0 Å². The number of furan rings is 1. The Morgan fingerprint density at radius 3 is 2.89 bits per heavy atom. The Hall–Kier alpha value is -1.45. The van der Waals surface area contributed by atoms with E-state index in [-0.39, 0.29) is 0 Å². The number of halogens is 1. The molecule has 0 atom stereocenters. The highest BCUT2D eigenvalue weighted by atomic mass is 35.5. The van der Waals surface area contributed by atoms with Gasteiger partial charge in [-0.15, -0.1) is 11.8 Å². The van der Waals surface area contributed by atoms with Gasteiger partial charge in [-0.2, -0.15) is 0 Å². The lowest BCUT2D eigenvalue weighted by Gasteiger charge is -2.05. The molecule has 3 rings (SSSR count). The van der Waals surface area contributed by atoms with Gasteiger partial charge in [0.2, 0.25) is 0 Å². The molecule has 0 aliphatic heterocycles. The van der Waals surface area contributed by atoms with E-state index in [1.54, 1.807) is 18.0 Å². The zero-order valence-corrected chi connectivity index (χ0v) is 12.0. The van der Waals surface area contributed by atoms with Crippen LogP contribution >= 0.6 is 23.4 Å². The fourth-order valence-electron chi connectivity index (χ4n) is 1.92. The maximum absolute atomic E-state index is 6.24. The zero-order chi connectivity index (χ0) is 13.2. The normalized spacial score (nSPS) is 11.1. The number of thioether (sulfide) groups is 1. The van der Waals surface area contributed by atoms with E-state index in [9.17, 15) is 0 Å². The molecule has 2 heterocycles. The SMILES string of the molecule is Cc1occc1SCc1cc2ccccc2nc1Cl. The minimum absolute atomic E-state index is 0.576. The average Bonchev–Trinajstić information content (AvgIpc) is 2.82. The second-order valence-electron chi connectivity index (χ2n) is 4.26. The van der Waals surface area contributed by atoms with E-state index in [0.717, 1.165) is 32.9 Å². The van der Waals surface area contributed by atoms with Gasteiger partial charge in [0.1, 0.15) is 10.9 Å². The number of para-hydroxylation sites is 1. The van der Waals surface area contributed by atoms with E-state index >= 15 is 0 Å². The van der Waals surface area contributed by atoms with Crippen LogP contribution in [0, 0.1) is 6.92 Å². The van der Waals surface area contributed by atoms with Crippen molar-refractivity contribution in [3.05, 3.63) is 59.1 Å². The van der Waals surface area contributed by atoms with Crippen LogP contribution in [-0.4, -0.2) is 4.98 Å². The van der Waals surface area contributed by atoms with Crippen LogP contribution in [0.4, 0.5) is 0 Å². The lowest BCUT2D eigenvalue weighted by molar-refractivity contribution is 0.527. The van der Waals surface area contributed by atoms with Crippen LogP contribution in [0.25, 0.3) is 10.9 Å². The van der Waals surface area contributed by atoms with Gasteiger partial charge in [-0.05, 0) is 25.1 Å². The molecule has 0 N–H and O–H groups in total. The fourth-order valence-corrected chi connectivity index (χ4v) is 3.14. The Morgan fingerprint density at radius 2 is 2.11 bits per heavy atom. The summed E-state index contributed by atoms with van der Waals surface area (Å²) >= 11 is 7.95. The van der Waals surface area contributed by atoms with Gasteiger partial charge in [0.05, 0.1) is 11.8 Å². The summed E-state index contributed by atoms with van der Waals surface area (Å²) in [6.45, 7) is 1.96. The molecule has 0 aliphatic carbocycles. The van der Waals surface area contributed by atoms with Gasteiger partial charge >= 0.3 is 0 Å². The molecule has 4 heteroatoms. The van der Waals surface area contributed by atoms with Crippen LogP contribution in [0.15, 0.2) is 52.0 Å². The quantitative estimate of drug-likeness (QED) is 0.497. The van der Waals surface area contributed by atoms with Crippen molar-refractivity contribution in [2.45, 2.75) is 17.6 Å². The number of aryl methyl sites for hydroxylation is 1. The predicted octanol–water partition coefficient (Wildman–Crippen LogP) is 5.08. The molecule has 0 amide bonds. The summed E-state index contributed by atoms with van der Waals surface area (Å²) < 4.78 is 5.28. The first-order valence-electron chi connectivity index (χ1n) is 5.95.